The lowest BCUT2D eigenvalue weighted by atomic mass is 10.1. The van der Waals surface area contributed by atoms with E-state index < -0.39 is 0 Å². The summed E-state index contributed by atoms with van der Waals surface area (Å²) in [7, 11) is 0. The number of aromatic hydroxyl groups is 1. The van der Waals surface area contributed by atoms with Gasteiger partial charge in [0.2, 0.25) is 5.91 Å². The summed E-state index contributed by atoms with van der Waals surface area (Å²) in [6, 6.07) is 5.35. The van der Waals surface area contributed by atoms with Crippen LogP contribution in [0.5, 0.6) is 5.75 Å². The van der Waals surface area contributed by atoms with Gasteiger partial charge in [-0.1, -0.05) is 12.1 Å². The van der Waals surface area contributed by atoms with Crippen molar-refractivity contribution < 1.29 is 9.90 Å². The Kier molecular flexibility index (Phi) is 6.52. The zero-order valence-corrected chi connectivity index (χ0v) is 11.6. The molecule has 0 radical (unpaired) electrons. The zero-order valence-electron chi connectivity index (χ0n) is 11.6. The zero-order chi connectivity index (χ0) is 14.1. The number of unbranched alkanes of at least 4 members (excludes halogenated alkanes) is 2. The van der Waals surface area contributed by atoms with Gasteiger partial charge in [0, 0.05) is 19.4 Å². The number of benzene rings is 1. The SMILES string of the molecule is CC#CCCCCC(=O)NCc1ccc(O)c(C)c1. The van der Waals surface area contributed by atoms with E-state index in [0.29, 0.717) is 13.0 Å². The molecule has 0 aliphatic heterocycles. The van der Waals surface area contributed by atoms with Crippen LogP contribution in [0.1, 0.15) is 43.7 Å². The summed E-state index contributed by atoms with van der Waals surface area (Å²) in [6.45, 7) is 4.18. The van der Waals surface area contributed by atoms with Gasteiger partial charge in [0.05, 0.1) is 0 Å². The average Bonchev–Trinajstić information content (AvgIpc) is 2.40. The van der Waals surface area contributed by atoms with E-state index in [2.05, 4.69) is 17.2 Å². The van der Waals surface area contributed by atoms with Gasteiger partial charge >= 0.3 is 0 Å². The Labute approximate surface area is 115 Å². The van der Waals surface area contributed by atoms with Crippen molar-refractivity contribution >= 4 is 5.91 Å². The van der Waals surface area contributed by atoms with Gasteiger partial charge in [-0.15, -0.1) is 11.8 Å². The molecule has 2 N–H and O–H groups in total. The highest BCUT2D eigenvalue weighted by Crippen LogP contribution is 2.16. The third-order valence-electron chi connectivity index (χ3n) is 2.88. The highest BCUT2D eigenvalue weighted by atomic mass is 16.3. The molecular weight excluding hydrogens is 238 g/mol. The minimum absolute atomic E-state index is 0.0650. The Morgan fingerprint density at radius 2 is 2.16 bits per heavy atom. The van der Waals surface area contributed by atoms with Crippen LogP contribution in [0, 0.1) is 18.8 Å². The molecule has 0 saturated carbocycles. The van der Waals surface area contributed by atoms with Crippen molar-refractivity contribution in [1.29, 1.82) is 0 Å². The maximum Gasteiger partial charge on any atom is 0.220 e. The third-order valence-corrected chi connectivity index (χ3v) is 2.88. The Bertz CT molecular complexity index is 483. The van der Waals surface area contributed by atoms with Crippen molar-refractivity contribution in [2.75, 3.05) is 0 Å². The van der Waals surface area contributed by atoms with E-state index in [-0.39, 0.29) is 11.7 Å². The van der Waals surface area contributed by atoms with Gasteiger partial charge in [0.1, 0.15) is 5.75 Å². The number of hydrogen-bond donors (Lipinski definition) is 2. The Morgan fingerprint density at radius 3 is 2.84 bits per heavy atom. The van der Waals surface area contributed by atoms with Gasteiger partial charge in [-0.2, -0.15) is 0 Å². The Morgan fingerprint density at radius 1 is 1.37 bits per heavy atom. The van der Waals surface area contributed by atoms with E-state index in [1.165, 1.54) is 0 Å². The Hall–Kier alpha value is -1.95. The average molecular weight is 259 g/mol. The van der Waals surface area contributed by atoms with Crippen LogP contribution in [0.15, 0.2) is 18.2 Å². The summed E-state index contributed by atoms with van der Waals surface area (Å²) in [5.74, 6) is 6.18. The number of rotatable bonds is 6. The molecule has 0 aliphatic rings. The highest BCUT2D eigenvalue weighted by molar-refractivity contribution is 5.75. The third kappa shape index (κ3) is 5.96. The van der Waals surface area contributed by atoms with Crippen LogP contribution < -0.4 is 5.32 Å². The first-order valence-corrected chi connectivity index (χ1v) is 6.58. The summed E-state index contributed by atoms with van der Waals surface area (Å²) >= 11 is 0. The first kappa shape index (κ1) is 15.1. The van der Waals surface area contributed by atoms with E-state index in [1.54, 1.807) is 6.07 Å². The molecule has 1 amide bonds. The summed E-state index contributed by atoms with van der Waals surface area (Å²) in [5.41, 5.74) is 1.82. The fourth-order valence-corrected chi connectivity index (χ4v) is 1.74. The van der Waals surface area contributed by atoms with E-state index in [9.17, 15) is 9.90 Å². The Balaban J connectivity index is 2.25. The monoisotopic (exact) mass is 259 g/mol. The number of amides is 1. The van der Waals surface area contributed by atoms with Gasteiger partial charge in [0.15, 0.2) is 0 Å². The number of carbonyl (C=O) groups is 1. The number of aryl methyl sites for hydroxylation is 1. The van der Waals surface area contributed by atoms with Gasteiger partial charge in [-0.3, -0.25) is 4.79 Å². The maximum absolute atomic E-state index is 11.6. The molecule has 102 valence electrons. The molecule has 0 saturated heterocycles. The van der Waals surface area contributed by atoms with Crippen LogP contribution in [0.4, 0.5) is 0 Å². The number of phenolic OH excluding ortho intramolecular Hbond substituents is 1. The molecule has 1 aromatic rings. The summed E-state index contributed by atoms with van der Waals surface area (Å²) in [6.07, 6.45) is 3.24. The molecule has 1 aromatic carbocycles. The fourth-order valence-electron chi connectivity index (χ4n) is 1.74. The second-order valence-corrected chi connectivity index (χ2v) is 4.53. The molecule has 0 spiro atoms. The first-order chi connectivity index (χ1) is 9.13. The maximum atomic E-state index is 11.6. The van der Waals surface area contributed by atoms with Crippen molar-refractivity contribution in [3.05, 3.63) is 29.3 Å². The molecule has 0 atom stereocenters. The normalized spacial score (nSPS) is 9.58. The van der Waals surface area contributed by atoms with Crippen LogP contribution in [0.3, 0.4) is 0 Å². The van der Waals surface area contributed by atoms with Crippen molar-refractivity contribution in [2.24, 2.45) is 0 Å². The molecular formula is C16H21NO2. The molecule has 3 nitrogen and oxygen atoms in total. The van der Waals surface area contributed by atoms with Crippen molar-refractivity contribution in [2.45, 2.75) is 46.1 Å². The van der Waals surface area contributed by atoms with Crippen molar-refractivity contribution in [3.63, 3.8) is 0 Å². The van der Waals surface area contributed by atoms with Crippen LogP contribution >= 0.6 is 0 Å². The first-order valence-electron chi connectivity index (χ1n) is 6.58. The second kappa shape index (κ2) is 8.20. The molecule has 0 fully saturated rings. The van der Waals surface area contributed by atoms with Crippen molar-refractivity contribution in [3.8, 4) is 17.6 Å². The lowest BCUT2D eigenvalue weighted by Crippen LogP contribution is -2.22. The van der Waals surface area contributed by atoms with Crippen LogP contribution in [0.2, 0.25) is 0 Å². The van der Waals surface area contributed by atoms with Gasteiger partial charge in [-0.25, -0.2) is 0 Å². The van der Waals surface area contributed by atoms with Gasteiger partial charge in [0.25, 0.3) is 0 Å². The van der Waals surface area contributed by atoms with Gasteiger partial charge in [-0.05, 0) is 43.9 Å². The summed E-state index contributed by atoms with van der Waals surface area (Å²) in [5, 5.41) is 12.3. The summed E-state index contributed by atoms with van der Waals surface area (Å²) < 4.78 is 0. The predicted molar refractivity (Wildman–Crippen MR) is 76.6 cm³/mol. The molecule has 19 heavy (non-hydrogen) atoms. The minimum Gasteiger partial charge on any atom is -0.508 e. The van der Waals surface area contributed by atoms with E-state index in [0.717, 1.165) is 30.4 Å². The quantitative estimate of drug-likeness (QED) is 0.609. The molecule has 0 aromatic heterocycles. The highest BCUT2D eigenvalue weighted by Gasteiger charge is 2.02. The lowest BCUT2D eigenvalue weighted by molar-refractivity contribution is -0.121. The van der Waals surface area contributed by atoms with E-state index in [4.69, 9.17) is 0 Å². The van der Waals surface area contributed by atoms with E-state index in [1.807, 2.05) is 26.0 Å². The number of phenols is 1. The number of hydrogen-bond acceptors (Lipinski definition) is 2. The number of carbonyl (C=O) groups excluding carboxylic acids is 1. The standard InChI is InChI=1S/C16H21NO2/c1-3-4-5-6-7-8-16(19)17-12-14-9-10-15(18)13(2)11-14/h9-11,18H,5-8,12H2,1-2H3,(H,17,19). The second-order valence-electron chi connectivity index (χ2n) is 4.53. The lowest BCUT2D eigenvalue weighted by Gasteiger charge is -2.06. The van der Waals surface area contributed by atoms with E-state index >= 15 is 0 Å². The largest absolute Gasteiger partial charge is 0.508 e. The minimum atomic E-state index is 0.0650. The predicted octanol–water partition coefficient (Wildman–Crippen LogP) is 2.90. The number of nitrogens with one attached hydrogen (secondary N) is 1. The molecule has 0 unspecified atom stereocenters. The molecule has 0 heterocycles. The topological polar surface area (TPSA) is 49.3 Å². The smallest absolute Gasteiger partial charge is 0.220 e. The fraction of sp³-hybridized carbons (Fsp3) is 0.438. The molecule has 1 rings (SSSR count). The molecule has 0 bridgehead atoms. The summed E-state index contributed by atoms with van der Waals surface area (Å²) in [4.78, 5) is 11.6. The van der Waals surface area contributed by atoms with Crippen LogP contribution in [-0.4, -0.2) is 11.0 Å². The van der Waals surface area contributed by atoms with Gasteiger partial charge < -0.3 is 10.4 Å². The van der Waals surface area contributed by atoms with Crippen LogP contribution in [-0.2, 0) is 11.3 Å². The molecule has 0 aliphatic carbocycles. The van der Waals surface area contributed by atoms with Crippen molar-refractivity contribution in [1.82, 2.24) is 5.32 Å². The van der Waals surface area contributed by atoms with Crippen LogP contribution in [0.25, 0.3) is 0 Å². The molecule has 3 heteroatoms.